The summed E-state index contributed by atoms with van der Waals surface area (Å²) in [5.74, 6) is -0.00923. The van der Waals surface area contributed by atoms with E-state index in [1.54, 1.807) is 0 Å². The van der Waals surface area contributed by atoms with E-state index < -0.39 is 21.3 Å². The monoisotopic (exact) mass is 334 g/mol. The Kier molecular flexibility index (Phi) is 24.5. The van der Waals surface area contributed by atoms with E-state index in [0.29, 0.717) is 0 Å². The standard InChI is InChI=1S/C4H11FO6P2S.3Na/c5-3-1-2-4-14-13(9,10)11-12(6,7)8;;;/h1-4H2,(H,9,10)(H2,6,7,8);;;/q;3*+1/p-3. The largest absolute Gasteiger partial charge is 1.00 e. The van der Waals surface area contributed by atoms with Gasteiger partial charge in [-0.25, -0.2) is 0 Å². The maximum atomic E-state index is 11.6. The molecule has 86 valence electrons. The van der Waals surface area contributed by atoms with Crippen molar-refractivity contribution in [3.05, 3.63) is 0 Å². The third-order valence-electron chi connectivity index (χ3n) is 0.977. The first-order valence-electron chi connectivity index (χ1n) is 3.52. The molecular weight excluding hydrogens is 326 g/mol. The van der Waals surface area contributed by atoms with E-state index in [1.807, 2.05) is 0 Å². The fraction of sp³-hybridized carbons (Fsp3) is 1.00. The van der Waals surface area contributed by atoms with E-state index in [-0.39, 0.29) is 119 Å². The van der Waals surface area contributed by atoms with E-state index in [0.717, 1.165) is 0 Å². The zero-order valence-corrected chi connectivity index (χ0v) is 18.6. The third-order valence-corrected chi connectivity index (χ3v) is 5.46. The fourth-order valence-electron chi connectivity index (χ4n) is 0.519. The van der Waals surface area contributed by atoms with Crippen LogP contribution in [0.15, 0.2) is 0 Å². The maximum absolute atomic E-state index is 11.6. The molecule has 0 spiro atoms. The van der Waals surface area contributed by atoms with Gasteiger partial charge in [-0.3, -0.25) is 13.3 Å². The SMILES string of the molecule is O=P([O-])([O-])OP(=O)([O-])SCCCCF.[Na+].[Na+].[Na+]. The molecule has 0 aromatic rings. The molecule has 0 saturated heterocycles. The Morgan fingerprint density at radius 3 is 1.88 bits per heavy atom. The van der Waals surface area contributed by atoms with Gasteiger partial charge < -0.3 is 19.2 Å². The molecule has 0 saturated carbocycles. The van der Waals surface area contributed by atoms with Crippen LogP contribution in [0.5, 0.6) is 0 Å². The van der Waals surface area contributed by atoms with Crippen molar-refractivity contribution in [3.63, 3.8) is 0 Å². The maximum Gasteiger partial charge on any atom is 1.00 e. The molecule has 0 heterocycles. The predicted octanol–water partition coefficient (Wildman–Crippen LogP) is -9.21. The number of halogens is 1. The number of rotatable bonds is 7. The van der Waals surface area contributed by atoms with Crippen molar-refractivity contribution < 1.29 is 121 Å². The first-order chi connectivity index (χ1) is 6.27. The van der Waals surface area contributed by atoms with Crippen LogP contribution in [0.3, 0.4) is 0 Å². The summed E-state index contributed by atoms with van der Waals surface area (Å²) in [6.07, 6.45) is 0.443. The van der Waals surface area contributed by atoms with Crippen LogP contribution >= 0.6 is 26.0 Å². The molecule has 1 unspecified atom stereocenters. The second-order valence-corrected chi connectivity index (χ2v) is 7.43. The molecule has 0 aliphatic carbocycles. The van der Waals surface area contributed by atoms with Crippen molar-refractivity contribution in [2.75, 3.05) is 12.4 Å². The van der Waals surface area contributed by atoms with Gasteiger partial charge >= 0.3 is 88.7 Å². The van der Waals surface area contributed by atoms with Crippen molar-refractivity contribution in [1.82, 2.24) is 0 Å². The third kappa shape index (κ3) is 22.0. The molecule has 0 N–H and O–H groups in total. The van der Waals surface area contributed by atoms with E-state index in [9.17, 15) is 28.2 Å². The first-order valence-corrected chi connectivity index (χ1v) is 8.11. The zero-order valence-electron chi connectivity index (χ0n) is 9.96. The average molecular weight is 334 g/mol. The number of hydrogen-bond acceptors (Lipinski definition) is 7. The van der Waals surface area contributed by atoms with Crippen molar-refractivity contribution in [1.29, 1.82) is 0 Å². The van der Waals surface area contributed by atoms with Gasteiger partial charge in [0.1, 0.15) is 0 Å². The Morgan fingerprint density at radius 1 is 1.06 bits per heavy atom. The van der Waals surface area contributed by atoms with E-state index in [4.69, 9.17) is 0 Å². The number of phosphoric acid groups is 1. The average Bonchev–Trinajstić information content (AvgIpc) is 1.93. The minimum absolute atomic E-state index is 0. The molecule has 1 atom stereocenters. The van der Waals surface area contributed by atoms with Gasteiger partial charge in [0.15, 0.2) is 6.80 Å². The normalized spacial score (nSPS) is 13.6. The van der Waals surface area contributed by atoms with Crippen LogP contribution in [-0.4, -0.2) is 12.4 Å². The van der Waals surface area contributed by atoms with E-state index >= 15 is 0 Å². The van der Waals surface area contributed by atoms with Gasteiger partial charge in [-0.2, -0.15) is 0 Å². The second-order valence-electron chi connectivity index (χ2n) is 2.21. The summed E-state index contributed by atoms with van der Waals surface area (Å²) in [5.41, 5.74) is 0. The van der Waals surface area contributed by atoms with Gasteiger partial charge in [0.25, 0.3) is 0 Å². The minimum atomic E-state index is -5.51. The van der Waals surface area contributed by atoms with Gasteiger partial charge in [-0.05, 0) is 12.8 Å². The Bertz CT molecular complexity index is 266. The summed E-state index contributed by atoms with van der Waals surface area (Å²) in [7, 11) is -5.51. The summed E-state index contributed by atoms with van der Waals surface area (Å²) in [4.78, 5) is 30.6. The van der Waals surface area contributed by atoms with Gasteiger partial charge in [0.05, 0.1) is 14.5 Å². The molecule has 0 aliphatic heterocycles. The Labute approximate surface area is 170 Å². The van der Waals surface area contributed by atoms with Crippen LogP contribution in [0.2, 0.25) is 0 Å². The van der Waals surface area contributed by atoms with Crippen LogP contribution in [0, 0.1) is 0 Å². The van der Waals surface area contributed by atoms with E-state index in [1.165, 1.54) is 0 Å². The molecule has 0 aromatic carbocycles. The van der Waals surface area contributed by atoms with Crippen molar-refractivity contribution in [2.45, 2.75) is 12.8 Å². The summed E-state index contributed by atoms with van der Waals surface area (Å²) < 4.78 is 35.5. The summed E-state index contributed by atoms with van der Waals surface area (Å²) >= 11 is 0.184. The van der Waals surface area contributed by atoms with Gasteiger partial charge in [-0.15, -0.1) is 0 Å². The van der Waals surface area contributed by atoms with Crippen LogP contribution in [0.4, 0.5) is 4.39 Å². The summed E-state index contributed by atoms with van der Waals surface area (Å²) in [6.45, 7) is -5.28. The number of unbranched alkanes of at least 4 members (excludes halogenated alkanes) is 1. The van der Waals surface area contributed by atoms with Crippen molar-refractivity contribution >= 4 is 26.0 Å². The Balaban J connectivity index is -0.000000282. The molecule has 0 radical (unpaired) electrons. The zero-order chi connectivity index (χ0) is 11.2. The van der Waals surface area contributed by atoms with Crippen LogP contribution in [-0.2, 0) is 13.4 Å². The quantitative estimate of drug-likeness (QED) is 0.258. The first kappa shape index (κ1) is 28.7. The number of hydrogen-bond donors (Lipinski definition) is 0. The molecule has 0 rings (SSSR count). The Hall–Kier alpha value is 3.58. The van der Waals surface area contributed by atoms with Crippen LogP contribution in [0.25, 0.3) is 0 Å². The minimum Gasteiger partial charge on any atom is -0.790 e. The molecular formula is C4H8FNa3O6P2S. The topological polar surface area (TPSA) is 113 Å². The van der Waals surface area contributed by atoms with Gasteiger partial charge in [0.2, 0.25) is 0 Å². The fourth-order valence-corrected chi connectivity index (χ4v) is 4.46. The molecule has 17 heavy (non-hydrogen) atoms. The molecule has 0 fully saturated rings. The van der Waals surface area contributed by atoms with Gasteiger partial charge in [-0.1, -0.05) is 11.4 Å². The van der Waals surface area contributed by atoms with Gasteiger partial charge in [0, 0.05) is 5.75 Å². The molecule has 0 aromatic heterocycles. The molecule has 0 amide bonds. The van der Waals surface area contributed by atoms with Crippen LogP contribution in [0.1, 0.15) is 12.8 Å². The smallest absolute Gasteiger partial charge is 0.790 e. The second kappa shape index (κ2) is 14.5. The molecule has 0 bridgehead atoms. The van der Waals surface area contributed by atoms with Crippen molar-refractivity contribution in [3.8, 4) is 0 Å². The van der Waals surface area contributed by atoms with E-state index in [2.05, 4.69) is 4.31 Å². The molecule has 6 nitrogen and oxygen atoms in total. The van der Waals surface area contributed by atoms with Crippen LogP contribution < -0.4 is 103 Å². The molecule has 13 heteroatoms. The Morgan fingerprint density at radius 2 is 1.53 bits per heavy atom. The predicted molar refractivity (Wildman–Crippen MR) is 44.0 cm³/mol. The molecule has 0 aliphatic rings. The number of alkyl halides is 1. The summed E-state index contributed by atoms with van der Waals surface area (Å²) in [5, 5.41) is 0. The van der Waals surface area contributed by atoms with Crippen molar-refractivity contribution in [2.24, 2.45) is 0 Å². The summed E-state index contributed by atoms with van der Waals surface area (Å²) in [6, 6.07) is 0.